The number of carbonyl (C=O) groups excluding carboxylic acids is 2. The highest BCUT2D eigenvalue weighted by atomic mass is 16.2. The fraction of sp³-hybridized carbons (Fsp3) is 0.467. The van der Waals surface area contributed by atoms with Crippen LogP contribution in [-0.2, 0) is 4.79 Å². The zero-order chi connectivity index (χ0) is 14.8. The van der Waals surface area contributed by atoms with Gasteiger partial charge in [-0.15, -0.1) is 0 Å². The summed E-state index contributed by atoms with van der Waals surface area (Å²) >= 11 is 0. The molecule has 1 aliphatic carbocycles. The minimum atomic E-state index is -0.271. The first-order valence-corrected chi connectivity index (χ1v) is 6.79. The van der Waals surface area contributed by atoms with E-state index in [0.717, 1.165) is 6.42 Å². The average Bonchev–Trinajstić information content (AvgIpc) is 3.02. The Balaban J connectivity index is 1.70. The Bertz CT molecular complexity index is 508. The molecule has 2 amide bonds. The molecule has 1 fully saturated rings. The molecular formula is C15H21N3O2. The molecule has 1 saturated carbocycles. The Morgan fingerprint density at radius 3 is 2.40 bits per heavy atom. The predicted octanol–water partition coefficient (Wildman–Crippen LogP) is 1.16. The second-order valence-corrected chi connectivity index (χ2v) is 6.00. The van der Waals surface area contributed by atoms with Gasteiger partial charge in [-0.3, -0.25) is 9.59 Å². The summed E-state index contributed by atoms with van der Waals surface area (Å²) < 4.78 is 0. The van der Waals surface area contributed by atoms with Crippen LogP contribution in [-0.4, -0.2) is 24.9 Å². The van der Waals surface area contributed by atoms with Gasteiger partial charge in [0.15, 0.2) is 0 Å². The Morgan fingerprint density at radius 2 is 1.85 bits per heavy atom. The summed E-state index contributed by atoms with van der Waals surface area (Å²) in [7, 11) is 0. The van der Waals surface area contributed by atoms with Crippen molar-refractivity contribution in [1.29, 1.82) is 0 Å². The molecule has 4 N–H and O–H groups in total. The Kier molecular flexibility index (Phi) is 3.97. The number of rotatable bonds is 5. The maximum absolute atomic E-state index is 11.8. The summed E-state index contributed by atoms with van der Waals surface area (Å²) in [5, 5.41) is 5.43. The highest BCUT2D eigenvalue weighted by molar-refractivity contribution is 5.96. The molecule has 0 heterocycles. The van der Waals surface area contributed by atoms with Gasteiger partial charge in [0, 0.05) is 17.8 Å². The summed E-state index contributed by atoms with van der Waals surface area (Å²) in [6.07, 6.45) is 1.14. The standard InChI is InChI=1S/C15H21N3O2/c1-15(2)7-11(15)8-17-13(19)9-18-14(20)10-3-5-12(16)6-4-10/h3-6,11H,7-9,16H2,1-2H3,(H,17,19)(H,18,20). The minimum absolute atomic E-state index is 0.00361. The molecule has 0 aliphatic heterocycles. The van der Waals surface area contributed by atoms with Crippen molar-refractivity contribution in [2.75, 3.05) is 18.8 Å². The van der Waals surface area contributed by atoms with Gasteiger partial charge in [-0.05, 0) is 42.0 Å². The monoisotopic (exact) mass is 275 g/mol. The van der Waals surface area contributed by atoms with Gasteiger partial charge in [0.2, 0.25) is 5.91 Å². The van der Waals surface area contributed by atoms with Crippen LogP contribution in [0.1, 0.15) is 30.6 Å². The highest BCUT2D eigenvalue weighted by Gasteiger charge is 2.45. The number of nitrogens with two attached hydrogens (primary N) is 1. The maximum atomic E-state index is 11.8. The normalized spacial score (nSPS) is 19.2. The van der Waals surface area contributed by atoms with Gasteiger partial charge in [-0.25, -0.2) is 0 Å². The van der Waals surface area contributed by atoms with Crippen LogP contribution in [0.2, 0.25) is 0 Å². The number of amides is 2. The first-order valence-electron chi connectivity index (χ1n) is 6.79. The Hall–Kier alpha value is -2.04. The molecule has 1 unspecified atom stereocenters. The number of nitrogens with one attached hydrogen (secondary N) is 2. The van der Waals surface area contributed by atoms with Crippen molar-refractivity contribution in [1.82, 2.24) is 10.6 Å². The zero-order valence-corrected chi connectivity index (χ0v) is 11.9. The lowest BCUT2D eigenvalue weighted by molar-refractivity contribution is -0.120. The van der Waals surface area contributed by atoms with Gasteiger partial charge < -0.3 is 16.4 Å². The minimum Gasteiger partial charge on any atom is -0.399 e. The summed E-state index contributed by atoms with van der Waals surface area (Å²) in [6, 6.07) is 6.58. The van der Waals surface area contributed by atoms with Crippen LogP contribution in [0.25, 0.3) is 0 Å². The molecule has 5 nitrogen and oxygen atoms in total. The van der Waals surface area contributed by atoms with E-state index in [0.29, 0.717) is 29.1 Å². The van der Waals surface area contributed by atoms with Gasteiger partial charge in [-0.1, -0.05) is 13.8 Å². The molecule has 0 aromatic heterocycles. The molecule has 0 saturated heterocycles. The molecular weight excluding hydrogens is 254 g/mol. The maximum Gasteiger partial charge on any atom is 0.251 e. The van der Waals surface area contributed by atoms with Crippen LogP contribution in [0.4, 0.5) is 5.69 Å². The lowest BCUT2D eigenvalue weighted by Crippen LogP contribution is -2.38. The van der Waals surface area contributed by atoms with Gasteiger partial charge in [0.1, 0.15) is 0 Å². The molecule has 0 spiro atoms. The molecule has 0 bridgehead atoms. The van der Waals surface area contributed by atoms with Crippen LogP contribution in [0.3, 0.4) is 0 Å². The quantitative estimate of drug-likeness (QED) is 0.705. The Morgan fingerprint density at radius 1 is 1.25 bits per heavy atom. The molecule has 5 heteroatoms. The summed E-state index contributed by atoms with van der Waals surface area (Å²) in [6.45, 7) is 5.05. The van der Waals surface area contributed by atoms with Crippen LogP contribution in [0, 0.1) is 11.3 Å². The number of nitrogen functional groups attached to an aromatic ring is 1. The van der Waals surface area contributed by atoms with Crippen molar-refractivity contribution in [3.8, 4) is 0 Å². The summed E-state index contributed by atoms with van der Waals surface area (Å²) in [4.78, 5) is 23.4. The molecule has 108 valence electrons. The first-order chi connectivity index (χ1) is 9.38. The van der Waals surface area contributed by atoms with E-state index in [1.54, 1.807) is 24.3 Å². The predicted molar refractivity (Wildman–Crippen MR) is 78.1 cm³/mol. The number of carbonyl (C=O) groups is 2. The fourth-order valence-electron chi connectivity index (χ4n) is 2.12. The molecule has 0 radical (unpaired) electrons. The number of hydrogen-bond donors (Lipinski definition) is 3. The zero-order valence-electron chi connectivity index (χ0n) is 11.9. The second-order valence-electron chi connectivity index (χ2n) is 6.00. The van der Waals surface area contributed by atoms with Crippen LogP contribution in [0.15, 0.2) is 24.3 Å². The van der Waals surface area contributed by atoms with Crippen LogP contribution < -0.4 is 16.4 Å². The van der Waals surface area contributed by atoms with Gasteiger partial charge in [0.25, 0.3) is 5.91 Å². The van der Waals surface area contributed by atoms with Crippen LogP contribution in [0.5, 0.6) is 0 Å². The van der Waals surface area contributed by atoms with E-state index < -0.39 is 0 Å². The van der Waals surface area contributed by atoms with Crippen molar-refractivity contribution < 1.29 is 9.59 Å². The number of benzene rings is 1. The van der Waals surface area contributed by atoms with Crippen molar-refractivity contribution >= 4 is 17.5 Å². The van der Waals surface area contributed by atoms with Crippen molar-refractivity contribution in [2.24, 2.45) is 11.3 Å². The molecule has 1 aromatic rings. The summed E-state index contributed by atoms with van der Waals surface area (Å²) in [5.74, 6) is 0.127. The van der Waals surface area contributed by atoms with Crippen molar-refractivity contribution in [3.63, 3.8) is 0 Å². The fourth-order valence-corrected chi connectivity index (χ4v) is 2.12. The van der Waals surface area contributed by atoms with Crippen LogP contribution >= 0.6 is 0 Å². The number of anilines is 1. The molecule has 20 heavy (non-hydrogen) atoms. The molecule has 2 rings (SSSR count). The summed E-state index contributed by atoms with van der Waals surface area (Å²) in [5.41, 5.74) is 7.00. The van der Waals surface area contributed by atoms with Gasteiger partial charge in [0.05, 0.1) is 6.54 Å². The van der Waals surface area contributed by atoms with E-state index in [-0.39, 0.29) is 18.4 Å². The van der Waals surface area contributed by atoms with E-state index in [1.807, 2.05) is 0 Å². The SMILES string of the molecule is CC1(C)CC1CNC(=O)CNC(=O)c1ccc(N)cc1. The molecule has 1 aliphatic rings. The average molecular weight is 275 g/mol. The van der Waals surface area contributed by atoms with Gasteiger partial charge >= 0.3 is 0 Å². The third-order valence-corrected chi connectivity index (χ3v) is 3.85. The highest BCUT2D eigenvalue weighted by Crippen LogP contribution is 2.50. The number of hydrogen-bond acceptors (Lipinski definition) is 3. The van der Waals surface area contributed by atoms with E-state index in [2.05, 4.69) is 24.5 Å². The Labute approximate surface area is 118 Å². The molecule has 1 aromatic carbocycles. The van der Waals surface area contributed by atoms with Gasteiger partial charge in [-0.2, -0.15) is 0 Å². The van der Waals surface area contributed by atoms with E-state index in [1.165, 1.54) is 0 Å². The van der Waals surface area contributed by atoms with E-state index >= 15 is 0 Å². The third-order valence-electron chi connectivity index (χ3n) is 3.85. The molecule has 1 atom stereocenters. The lowest BCUT2D eigenvalue weighted by Gasteiger charge is -2.08. The van der Waals surface area contributed by atoms with E-state index in [9.17, 15) is 9.59 Å². The third kappa shape index (κ3) is 3.73. The van der Waals surface area contributed by atoms with E-state index in [4.69, 9.17) is 5.73 Å². The lowest BCUT2D eigenvalue weighted by atomic mass is 10.1. The van der Waals surface area contributed by atoms with Crippen molar-refractivity contribution in [2.45, 2.75) is 20.3 Å². The second kappa shape index (κ2) is 5.53. The van der Waals surface area contributed by atoms with Crippen molar-refractivity contribution in [3.05, 3.63) is 29.8 Å². The first kappa shape index (κ1) is 14.4. The largest absolute Gasteiger partial charge is 0.399 e. The topological polar surface area (TPSA) is 84.2 Å². The smallest absolute Gasteiger partial charge is 0.251 e.